The Labute approximate surface area is 130 Å². The average Bonchev–Trinajstić information content (AvgIpc) is 2.47. The van der Waals surface area contributed by atoms with Gasteiger partial charge in [-0.1, -0.05) is 6.07 Å². The maximum Gasteiger partial charge on any atom is 0.248 e. The van der Waals surface area contributed by atoms with E-state index in [0.717, 1.165) is 5.56 Å². The van der Waals surface area contributed by atoms with Gasteiger partial charge in [-0.05, 0) is 12.1 Å². The van der Waals surface area contributed by atoms with E-state index in [-0.39, 0.29) is 0 Å². The van der Waals surface area contributed by atoms with Crippen molar-refractivity contribution >= 4 is 15.9 Å². The zero-order chi connectivity index (χ0) is 16.3. The normalized spacial score (nSPS) is 17.4. The molecule has 1 fully saturated rings. The third-order valence-corrected chi connectivity index (χ3v) is 5.07. The second-order valence-corrected chi connectivity index (χ2v) is 7.31. The highest BCUT2D eigenvalue weighted by Crippen LogP contribution is 2.22. The van der Waals surface area contributed by atoms with Crippen molar-refractivity contribution in [2.75, 3.05) is 39.5 Å². The molecule has 1 heterocycles. The monoisotopic (exact) mass is 327 g/mol. The SMILES string of the molecule is COc1cc(C(N)=O)ccc1CN1CCN(S(C)(=O)=O)CC1. The van der Waals surface area contributed by atoms with Crippen molar-refractivity contribution in [2.45, 2.75) is 6.54 Å². The summed E-state index contributed by atoms with van der Waals surface area (Å²) in [6, 6.07) is 5.12. The minimum atomic E-state index is -3.12. The van der Waals surface area contributed by atoms with Gasteiger partial charge < -0.3 is 10.5 Å². The zero-order valence-electron chi connectivity index (χ0n) is 12.8. The molecule has 1 aliphatic heterocycles. The van der Waals surface area contributed by atoms with E-state index in [1.54, 1.807) is 19.2 Å². The van der Waals surface area contributed by atoms with Gasteiger partial charge in [0, 0.05) is 43.9 Å². The second kappa shape index (κ2) is 6.64. The quantitative estimate of drug-likeness (QED) is 0.813. The first kappa shape index (κ1) is 16.7. The molecule has 0 saturated carbocycles. The number of piperazine rings is 1. The molecule has 8 heteroatoms. The van der Waals surface area contributed by atoms with Crippen LogP contribution in [0.4, 0.5) is 0 Å². The van der Waals surface area contributed by atoms with Crippen molar-refractivity contribution in [1.29, 1.82) is 0 Å². The van der Waals surface area contributed by atoms with Gasteiger partial charge >= 0.3 is 0 Å². The van der Waals surface area contributed by atoms with E-state index >= 15 is 0 Å². The summed E-state index contributed by atoms with van der Waals surface area (Å²) in [4.78, 5) is 13.4. The number of carbonyl (C=O) groups is 1. The molecule has 7 nitrogen and oxygen atoms in total. The Bertz CT molecular complexity index is 652. The molecule has 0 spiro atoms. The molecular weight excluding hydrogens is 306 g/mol. The van der Waals surface area contributed by atoms with E-state index in [9.17, 15) is 13.2 Å². The lowest BCUT2D eigenvalue weighted by atomic mass is 10.1. The molecule has 1 aliphatic rings. The van der Waals surface area contributed by atoms with Crippen molar-refractivity contribution in [3.8, 4) is 5.75 Å². The molecule has 22 heavy (non-hydrogen) atoms. The van der Waals surface area contributed by atoms with Gasteiger partial charge in [-0.3, -0.25) is 9.69 Å². The van der Waals surface area contributed by atoms with Gasteiger partial charge in [0.05, 0.1) is 13.4 Å². The van der Waals surface area contributed by atoms with E-state index < -0.39 is 15.9 Å². The molecule has 1 aromatic carbocycles. The summed E-state index contributed by atoms with van der Waals surface area (Å²) in [6.45, 7) is 2.93. The highest BCUT2D eigenvalue weighted by molar-refractivity contribution is 7.88. The van der Waals surface area contributed by atoms with Crippen LogP contribution in [0.5, 0.6) is 5.75 Å². The third-order valence-electron chi connectivity index (χ3n) is 3.77. The van der Waals surface area contributed by atoms with Crippen molar-refractivity contribution in [3.05, 3.63) is 29.3 Å². The highest BCUT2D eigenvalue weighted by atomic mass is 32.2. The largest absolute Gasteiger partial charge is 0.496 e. The standard InChI is InChI=1S/C14H21N3O4S/c1-21-13-9-11(14(15)18)3-4-12(13)10-16-5-7-17(8-6-16)22(2,19)20/h3-4,9H,5-8,10H2,1-2H3,(H2,15,18). The van der Waals surface area contributed by atoms with Crippen molar-refractivity contribution in [1.82, 2.24) is 9.21 Å². The summed E-state index contributed by atoms with van der Waals surface area (Å²) in [5.74, 6) is 0.119. The Hall–Kier alpha value is -1.64. The molecule has 1 amide bonds. The second-order valence-electron chi connectivity index (χ2n) is 5.33. The van der Waals surface area contributed by atoms with Crippen LogP contribution in [-0.2, 0) is 16.6 Å². The molecule has 0 aromatic heterocycles. The zero-order valence-corrected chi connectivity index (χ0v) is 13.6. The molecule has 2 rings (SSSR count). The first-order chi connectivity index (χ1) is 10.3. The van der Waals surface area contributed by atoms with Crippen molar-refractivity contribution in [2.24, 2.45) is 5.73 Å². The average molecular weight is 327 g/mol. The molecule has 0 aliphatic carbocycles. The number of amides is 1. The van der Waals surface area contributed by atoms with Gasteiger partial charge in [0.25, 0.3) is 0 Å². The Kier molecular flexibility index (Phi) is 5.05. The molecule has 0 unspecified atom stereocenters. The first-order valence-corrected chi connectivity index (χ1v) is 8.80. The Morgan fingerprint density at radius 1 is 1.27 bits per heavy atom. The fourth-order valence-corrected chi connectivity index (χ4v) is 3.32. The van der Waals surface area contributed by atoms with E-state index in [0.29, 0.717) is 44.0 Å². The van der Waals surface area contributed by atoms with E-state index in [1.807, 2.05) is 6.07 Å². The first-order valence-electron chi connectivity index (χ1n) is 6.95. The predicted octanol–water partition coefficient (Wildman–Crippen LogP) is -0.129. The number of nitrogens with two attached hydrogens (primary N) is 1. The van der Waals surface area contributed by atoms with Crippen molar-refractivity contribution < 1.29 is 17.9 Å². The van der Waals surface area contributed by atoms with Gasteiger partial charge in [-0.2, -0.15) is 4.31 Å². The van der Waals surface area contributed by atoms with E-state index in [2.05, 4.69) is 4.90 Å². The lowest BCUT2D eigenvalue weighted by Crippen LogP contribution is -2.47. The fraction of sp³-hybridized carbons (Fsp3) is 0.500. The van der Waals surface area contributed by atoms with Gasteiger partial charge in [0.1, 0.15) is 5.75 Å². The molecule has 2 N–H and O–H groups in total. The van der Waals surface area contributed by atoms with Gasteiger partial charge in [-0.25, -0.2) is 8.42 Å². The summed E-state index contributed by atoms with van der Waals surface area (Å²) in [6.07, 6.45) is 1.23. The number of ether oxygens (including phenoxy) is 1. The van der Waals surface area contributed by atoms with Crippen LogP contribution in [0, 0.1) is 0 Å². The van der Waals surface area contributed by atoms with E-state index in [1.165, 1.54) is 10.6 Å². The molecule has 1 aromatic rings. The molecule has 0 radical (unpaired) electrons. The number of hydrogen-bond donors (Lipinski definition) is 1. The van der Waals surface area contributed by atoms with Crippen LogP contribution in [-0.4, -0.2) is 63.1 Å². The van der Waals surface area contributed by atoms with Crippen LogP contribution in [0.25, 0.3) is 0 Å². The van der Waals surface area contributed by atoms with Crippen LogP contribution >= 0.6 is 0 Å². The number of benzene rings is 1. The number of primary amides is 1. The molecule has 0 bridgehead atoms. The predicted molar refractivity (Wildman–Crippen MR) is 83.2 cm³/mol. The number of rotatable bonds is 5. The van der Waals surface area contributed by atoms with Crippen molar-refractivity contribution in [3.63, 3.8) is 0 Å². The number of hydrogen-bond acceptors (Lipinski definition) is 5. The summed E-state index contributed by atoms with van der Waals surface area (Å²) >= 11 is 0. The highest BCUT2D eigenvalue weighted by Gasteiger charge is 2.23. The van der Waals surface area contributed by atoms with E-state index in [4.69, 9.17) is 10.5 Å². The Morgan fingerprint density at radius 2 is 1.91 bits per heavy atom. The van der Waals surface area contributed by atoms with Gasteiger partial charge in [0.2, 0.25) is 15.9 Å². The van der Waals surface area contributed by atoms with Crippen LogP contribution in [0.15, 0.2) is 18.2 Å². The summed E-state index contributed by atoms with van der Waals surface area (Å²) in [5.41, 5.74) is 6.61. The fourth-order valence-electron chi connectivity index (χ4n) is 2.49. The molecule has 122 valence electrons. The number of carbonyl (C=O) groups excluding carboxylic acids is 1. The maximum absolute atomic E-state index is 11.5. The molecule has 0 atom stereocenters. The smallest absolute Gasteiger partial charge is 0.248 e. The summed E-state index contributed by atoms with van der Waals surface area (Å²) in [7, 11) is -1.57. The lowest BCUT2D eigenvalue weighted by Gasteiger charge is -2.33. The topological polar surface area (TPSA) is 92.9 Å². The van der Waals surface area contributed by atoms with Crippen LogP contribution in [0.3, 0.4) is 0 Å². The minimum Gasteiger partial charge on any atom is -0.496 e. The number of nitrogens with zero attached hydrogens (tertiary/aromatic N) is 2. The number of methoxy groups -OCH3 is 1. The Balaban J connectivity index is 2.04. The molecular formula is C14H21N3O4S. The molecule has 1 saturated heterocycles. The summed E-state index contributed by atoms with van der Waals surface area (Å²) < 4.78 is 29.8. The van der Waals surface area contributed by atoms with Gasteiger partial charge in [-0.15, -0.1) is 0 Å². The lowest BCUT2D eigenvalue weighted by molar-refractivity contribution is 0.1000. The maximum atomic E-state index is 11.5. The number of sulfonamides is 1. The minimum absolute atomic E-state index is 0.405. The van der Waals surface area contributed by atoms with Gasteiger partial charge in [0.15, 0.2) is 0 Å². The summed E-state index contributed by atoms with van der Waals surface area (Å²) in [5, 5.41) is 0. The Morgan fingerprint density at radius 3 is 2.41 bits per heavy atom. The van der Waals surface area contributed by atoms with Crippen LogP contribution < -0.4 is 10.5 Å². The van der Waals surface area contributed by atoms with Crippen LogP contribution in [0.1, 0.15) is 15.9 Å². The van der Waals surface area contributed by atoms with Crippen LogP contribution in [0.2, 0.25) is 0 Å². The third kappa shape index (κ3) is 3.96.